The molecule has 1 atom stereocenters. The number of amides is 1. The number of fused-ring (bicyclic) bond motifs is 1. The van der Waals surface area contributed by atoms with E-state index in [1.54, 1.807) is 16.0 Å². The molecule has 23 heavy (non-hydrogen) atoms. The molecule has 1 amide bonds. The predicted molar refractivity (Wildman–Crippen MR) is 86.6 cm³/mol. The van der Waals surface area contributed by atoms with Gasteiger partial charge in [-0.25, -0.2) is 4.68 Å². The van der Waals surface area contributed by atoms with Gasteiger partial charge >= 0.3 is 0 Å². The van der Waals surface area contributed by atoms with Crippen molar-refractivity contribution in [3.05, 3.63) is 58.0 Å². The van der Waals surface area contributed by atoms with E-state index >= 15 is 0 Å². The molecule has 0 aliphatic carbocycles. The maximum atomic E-state index is 12.9. The fraction of sp³-hybridized carbons (Fsp3) is 0.250. The van der Waals surface area contributed by atoms with Gasteiger partial charge in [-0.15, -0.1) is 16.4 Å². The molecule has 3 aromatic rings. The Kier molecular flexibility index (Phi) is 3.42. The van der Waals surface area contributed by atoms with Gasteiger partial charge in [-0.05, 0) is 59.0 Å². The van der Waals surface area contributed by atoms with Gasteiger partial charge in [-0.2, -0.15) is 0 Å². The number of rotatable bonds is 2. The minimum absolute atomic E-state index is 0.0456. The van der Waals surface area contributed by atoms with Gasteiger partial charge in [-0.3, -0.25) is 4.79 Å². The molecule has 7 heteroatoms. The molecule has 0 saturated carbocycles. The van der Waals surface area contributed by atoms with Crippen LogP contribution in [-0.4, -0.2) is 37.6 Å². The average molecular weight is 325 g/mol. The first-order valence-corrected chi connectivity index (χ1v) is 8.32. The Morgan fingerprint density at radius 1 is 1.35 bits per heavy atom. The predicted octanol–water partition coefficient (Wildman–Crippen LogP) is 2.48. The van der Waals surface area contributed by atoms with Crippen LogP contribution in [0.4, 0.5) is 0 Å². The molecule has 2 aromatic heterocycles. The van der Waals surface area contributed by atoms with Crippen LogP contribution in [0.2, 0.25) is 0 Å². The summed E-state index contributed by atoms with van der Waals surface area (Å²) < 4.78 is 1.55. The first-order valence-electron chi connectivity index (χ1n) is 7.44. The Labute approximate surface area is 137 Å². The van der Waals surface area contributed by atoms with Gasteiger partial charge in [0.05, 0.1) is 11.7 Å². The molecule has 3 heterocycles. The molecule has 1 aliphatic rings. The van der Waals surface area contributed by atoms with Crippen LogP contribution in [0.15, 0.2) is 42.0 Å². The lowest BCUT2D eigenvalue weighted by Crippen LogP contribution is -2.38. The number of carbonyl (C=O) groups excluding carboxylic acids is 1. The summed E-state index contributed by atoms with van der Waals surface area (Å²) in [4.78, 5) is 16.3. The molecule has 116 valence electrons. The summed E-state index contributed by atoms with van der Waals surface area (Å²) in [6, 6.07) is 9.63. The number of benzene rings is 1. The lowest BCUT2D eigenvalue weighted by molar-refractivity contribution is 0.0679. The lowest BCUT2D eigenvalue weighted by Gasteiger charge is -2.33. The highest BCUT2D eigenvalue weighted by atomic mass is 32.1. The van der Waals surface area contributed by atoms with Crippen LogP contribution in [0, 0.1) is 0 Å². The number of carbonyl (C=O) groups is 1. The van der Waals surface area contributed by atoms with Crippen LogP contribution < -0.4 is 0 Å². The molecule has 0 bridgehead atoms. The summed E-state index contributed by atoms with van der Waals surface area (Å²) in [6.07, 6.45) is 2.44. The zero-order chi connectivity index (χ0) is 15.8. The zero-order valence-corrected chi connectivity index (χ0v) is 13.4. The van der Waals surface area contributed by atoms with Crippen LogP contribution in [-0.2, 0) is 6.42 Å². The molecule has 0 radical (unpaired) electrons. The summed E-state index contributed by atoms with van der Waals surface area (Å²) in [5.41, 5.74) is 2.71. The van der Waals surface area contributed by atoms with E-state index < -0.39 is 0 Å². The third-order valence-corrected chi connectivity index (χ3v) is 5.24. The Morgan fingerprint density at radius 3 is 3.09 bits per heavy atom. The summed E-state index contributed by atoms with van der Waals surface area (Å²) in [6.45, 7) is 2.84. The zero-order valence-electron chi connectivity index (χ0n) is 12.6. The summed E-state index contributed by atoms with van der Waals surface area (Å²) >= 11 is 1.78. The average Bonchev–Trinajstić information content (AvgIpc) is 3.26. The Morgan fingerprint density at radius 2 is 2.26 bits per heavy atom. The second-order valence-corrected chi connectivity index (χ2v) is 6.53. The van der Waals surface area contributed by atoms with Crippen LogP contribution in [0.1, 0.15) is 33.8 Å². The van der Waals surface area contributed by atoms with Gasteiger partial charge in [0, 0.05) is 17.0 Å². The molecule has 1 unspecified atom stereocenters. The van der Waals surface area contributed by atoms with Crippen LogP contribution in [0.3, 0.4) is 0 Å². The van der Waals surface area contributed by atoms with E-state index in [-0.39, 0.29) is 11.9 Å². The van der Waals surface area contributed by atoms with E-state index in [1.807, 2.05) is 29.2 Å². The molecule has 6 nitrogen and oxygen atoms in total. The number of tetrazole rings is 1. The van der Waals surface area contributed by atoms with Gasteiger partial charge in [0.1, 0.15) is 6.33 Å². The van der Waals surface area contributed by atoms with Crippen molar-refractivity contribution in [2.75, 3.05) is 6.54 Å². The smallest absolute Gasteiger partial charge is 0.254 e. The second-order valence-electron chi connectivity index (χ2n) is 5.53. The molecule has 1 aliphatic heterocycles. The first-order chi connectivity index (χ1) is 11.2. The van der Waals surface area contributed by atoms with Crippen molar-refractivity contribution < 1.29 is 4.79 Å². The maximum Gasteiger partial charge on any atom is 0.254 e. The van der Waals surface area contributed by atoms with Crippen LogP contribution in [0.25, 0.3) is 5.69 Å². The molecule has 0 N–H and O–H groups in total. The molecule has 0 saturated heterocycles. The number of aromatic nitrogens is 4. The third kappa shape index (κ3) is 2.43. The number of nitrogens with zero attached hydrogens (tertiary/aromatic N) is 5. The van der Waals surface area contributed by atoms with Crippen LogP contribution in [0.5, 0.6) is 0 Å². The van der Waals surface area contributed by atoms with Crippen molar-refractivity contribution in [3.8, 4) is 5.69 Å². The normalized spacial score (nSPS) is 17.1. The fourth-order valence-corrected chi connectivity index (χ4v) is 3.98. The molecule has 1 aromatic carbocycles. The van der Waals surface area contributed by atoms with E-state index in [0.717, 1.165) is 18.7 Å². The quantitative estimate of drug-likeness (QED) is 0.726. The number of hydrogen-bond donors (Lipinski definition) is 0. The molecular weight excluding hydrogens is 310 g/mol. The summed E-state index contributed by atoms with van der Waals surface area (Å²) in [7, 11) is 0. The molecule has 0 fully saturated rings. The van der Waals surface area contributed by atoms with Gasteiger partial charge in [-0.1, -0.05) is 6.07 Å². The van der Waals surface area contributed by atoms with E-state index in [1.165, 1.54) is 16.8 Å². The van der Waals surface area contributed by atoms with Crippen molar-refractivity contribution in [1.82, 2.24) is 25.1 Å². The second kappa shape index (κ2) is 5.58. The van der Waals surface area contributed by atoms with E-state index in [2.05, 4.69) is 33.9 Å². The minimum Gasteiger partial charge on any atom is -0.331 e. The lowest BCUT2D eigenvalue weighted by atomic mass is 10.0. The fourth-order valence-electron chi connectivity index (χ4n) is 3.01. The molecular formula is C16H15N5OS. The highest BCUT2D eigenvalue weighted by molar-refractivity contribution is 7.10. The molecule has 0 spiro atoms. The monoisotopic (exact) mass is 325 g/mol. The summed E-state index contributed by atoms with van der Waals surface area (Å²) in [5.74, 6) is 0.0456. The third-order valence-electron chi connectivity index (χ3n) is 4.24. The van der Waals surface area contributed by atoms with E-state index in [4.69, 9.17) is 0 Å². The van der Waals surface area contributed by atoms with Crippen LogP contribution >= 0.6 is 11.3 Å². The van der Waals surface area contributed by atoms with Gasteiger partial charge in [0.25, 0.3) is 5.91 Å². The maximum absolute atomic E-state index is 12.9. The van der Waals surface area contributed by atoms with Crippen molar-refractivity contribution in [2.45, 2.75) is 19.4 Å². The Hall–Kier alpha value is -2.54. The first kappa shape index (κ1) is 14.1. The van der Waals surface area contributed by atoms with Gasteiger partial charge in [0.2, 0.25) is 0 Å². The van der Waals surface area contributed by atoms with Crippen molar-refractivity contribution in [3.63, 3.8) is 0 Å². The standard InChI is InChI=1S/C16H15N5OS/c1-11-14-6-8-23-15(14)5-7-20(11)16(22)12-3-2-4-13(9-12)21-10-17-18-19-21/h2-4,6,8-11H,5,7H2,1H3. The SMILES string of the molecule is CC1c2ccsc2CCN1C(=O)c1cccc(-n2cnnn2)c1. The van der Waals surface area contributed by atoms with Gasteiger partial charge < -0.3 is 4.90 Å². The largest absolute Gasteiger partial charge is 0.331 e. The van der Waals surface area contributed by atoms with Crippen molar-refractivity contribution in [2.24, 2.45) is 0 Å². The van der Waals surface area contributed by atoms with E-state index in [0.29, 0.717) is 5.56 Å². The molecule has 4 rings (SSSR count). The topological polar surface area (TPSA) is 63.9 Å². The minimum atomic E-state index is 0.0456. The summed E-state index contributed by atoms with van der Waals surface area (Å²) in [5, 5.41) is 13.2. The Bertz CT molecular complexity index is 842. The van der Waals surface area contributed by atoms with Crippen molar-refractivity contribution >= 4 is 17.2 Å². The van der Waals surface area contributed by atoms with E-state index in [9.17, 15) is 4.79 Å². The number of hydrogen-bond acceptors (Lipinski definition) is 5. The highest BCUT2D eigenvalue weighted by Gasteiger charge is 2.29. The Balaban J connectivity index is 1.64. The highest BCUT2D eigenvalue weighted by Crippen LogP contribution is 2.33. The van der Waals surface area contributed by atoms with Gasteiger partial charge in [0.15, 0.2) is 0 Å². The number of thiophene rings is 1. The van der Waals surface area contributed by atoms with Crippen molar-refractivity contribution in [1.29, 1.82) is 0 Å².